The standard InChI is InChI=1S/C20H14N2OS/c1-3-9-17-13(6-1)12-14(15-8-5-11-21-15)19(23-17)20-22-16-7-2-4-10-18(16)24-20/h1-12,19,21H. The van der Waals surface area contributed by atoms with Crippen molar-refractivity contribution in [1.29, 1.82) is 0 Å². The van der Waals surface area contributed by atoms with Crippen LogP contribution in [0, 0.1) is 0 Å². The second-order valence-electron chi connectivity index (χ2n) is 5.74. The highest BCUT2D eigenvalue weighted by Gasteiger charge is 2.28. The largest absolute Gasteiger partial charge is 0.478 e. The van der Waals surface area contributed by atoms with Crippen molar-refractivity contribution in [2.24, 2.45) is 0 Å². The van der Waals surface area contributed by atoms with Crippen LogP contribution in [-0.4, -0.2) is 9.97 Å². The molecule has 0 bridgehead atoms. The molecule has 1 aliphatic heterocycles. The lowest BCUT2D eigenvalue weighted by Gasteiger charge is -2.25. The lowest BCUT2D eigenvalue weighted by molar-refractivity contribution is 0.260. The Morgan fingerprint density at radius 3 is 2.71 bits per heavy atom. The Balaban J connectivity index is 1.68. The van der Waals surface area contributed by atoms with E-state index in [2.05, 4.69) is 29.3 Å². The van der Waals surface area contributed by atoms with Crippen LogP contribution in [0.1, 0.15) is 22.4 Å². The number of nitrogens with zero attached hydrogens (tertiary/aromatic N) is 1. The first-order valence-electron chi connectivity index (χ1n) is 7.85. The zero-order valence-electron chi connectivity index (χ0n) is 12.8. The molecule has 24 heavy (non-hydrogen) atoms. The first kappa shape index (κ1) is 13.6. The van der Waals surface area contributed by atoms with E-state index in [0.717, 1.165) is 33.1 Å². The Labute approximate surface area is 143 Å². The quantitative estimate of drug-likeness (QED) is 0.541. The van der Waals surface area contributed by atoms with Crippen LogP contribution < -0.4 is 4.74 Å². The lowest BCUT2D eigenvalue weighted by Crippen LogP contribution is -2.14. The zero-order valence-corrected chi connectivity index (χ0v) is 13.6. The number of H-pyrrole nitrogens is 1. The number of rotatable bonds is 2. The van der Waals surface area contributed by atoms with Gasteiger partial charge in [-0.1, -0.05) is 30.3 Å². The van der Waals surface area contributed by atoms with Crippen molar-refractivity contribution < 1.29 is 4.74 Å². The average molecular weight is 330 g/mol. The van der Waals surface area contributed by atoms with Crippen molar-refractivity contribution in [3.63, 3.8) is 0 Å². The molecule has 3 nitrogen and oxygen atoms in total. The van der Waals surface area contributed by atoms with Crippen LogP contribution >= 0.6 is 11.3 Å². The molecule has 0 saturated heterocycles. The lowest BCUT2D eigenvalue weighted by atomic mass is 9.99. The Bertz CT molecular complexity index is 1010. The topological polar surface area (TPSA) is 37.9 Å². The van der Waals surface area contributed by atoms with Gasteiger partial charge in [-0.2, -0.15) is 0 Å². The van der Waals surface area contributed by atoms with E-state index in [1.54, 1.807) is 11.3 Å². The Hall–Kier alpha value is -2.85. The number of ether oxygens (including phenoxy) is 1. The van der Waals surface area contributed by atoms with Crippen molar-refractivity contribution in [2.45, 2.75) is 6.10 Å². The van der Waals surface area contributed by atoms with E-state index in [9.17, 15) is 0 Å². The van der Waals surface area contributed by atoms with Crippen LogP contribution in [0.5, 0.6) is 5.75 Å². The third-order valence-corrected chi connectivity index (χ3v) is 5.28. The number of hydrogen-bond acceptors (Lipinski definition) is 3. The van der Waals surface area contributed by atoms with Crippen LogP contribution in [-0.2, 0) is 0 Å². The number of fused-ring (bicyclic) bond motifs is 2. The minimum absolute atomic E-state index is 0.198. The first-order valence-corrected chi connectivity index (χ1v) is 8.67. The van der Waals surface area contributed by atoms with Gasteiger partial charge in [-0.25, -0.2) is 4.98 Å². The van der Waals surface area contributed by atoms with Gasteiger partial charge in [0.25, 0.3) is 0 Å². The molecule has 116 valence electrons. The number of benzene rings is 2. The van der Waals surface area contributed by atoms with E-state index < -0.39 is 0 Å². The third-order valence-electron chi connectivity index (χ3n) is 4.20. The summed E-state index contributed by atoms with van der Waals surface area (Å²) in [6.45, 7) is 0. The molecular formula is C20H14N2OS. The number of hydrogen-bond donors (Lipinski definition) is 1. The fourth-order valence-corrected chi connectivity index (χ4v) is 4.07. The first-order chi connectivity index (χ1) is 11.9. The summed E-state index contributed by atoms with van der Waals surface area (Å²) in [5.74, 6) is 0.900. The number of aromatic amines is 1. The van der Waals surface area contributed by atoms with Crippen LogP contribution in [0.3, 0.4) is 0 Å². The number of para-hydroxylation sites is 2. The van der Waals surface area contributed by atoms with Gasteiger partial charge in [0.15, 0.2) is 6.10 Å². The summed E-state index contributed by atoms with van der Waals surface area (Å²) < 4.78 is 7.52. The maximum absolute atomic E-state index is 6.34. The Morgan fingerprint density at radius 2 is 1.83 bits per heavy atom. The van der Waals surface area contributed by atoms with Gasteiger partial charge in [0.05, 0.1) is 10.2 Å². The highest BCUT2D eigenvalue weighted by Crippen LogP contribution is 2.43. The van der Waals surface area contributed by atoms with Gasteiger partial charge in [0.1, 0.15) is 10.8 Å². The van der Waals surface area contributed by atoms with Crippen molar-refractivity contribution in [2.75, 3.05) is 0 Å². The molecule has 0 amide bonds. The minimum Gasteiger partial charge on any atom is -0.478 e. The SMILES string of the molecule is C1=C(c2ccc[nH]2)C(c2nc3ccccc3s2)Oc2ccccc21. The highest BCUT2D eigenvalue weighted by molar-refractivity contribution is 7.18. The van der Waals surface area contributed by atoms with Gasteiger partial charge in [0.2, 0.25) is 0 Å². The number of nitrogens with one attached hydrogen (secondary N) is 1. The molecule has 1 aliphatic rings. The second kappa shape index (κ2) is 5.35. The summed E-state index contributed by atoms with van der Waals surface area (Å²) in [6, 6.07) is 20.4. The molecule has 4 heteroatoms. The molecule has 0 radical (unpaired) electrons. The normalized spacial score (nSPS) is 16.5. The fraction of sp³-hybridized carbons (Fsp3) is 0.0500. The monoisotopic (exact) mass is 330 g/mol. The van der Waals surface area contributed by atoms with E-state index in [1.165, 1.54) is 4.70 Å². The van der Waals surface area contributed by atoms with E-state index in [4.69, 9.17) is 9.72 Å². The average Bonchev–Trinajstić information content (AvgIpc) is 3.30. The molecule has 1 atom stereocenters. The Morgan fingerprint density at radius 1 is 0.958 bits per heavy atom. The van der Waals surface area contributed by atoms with Crippen LogP contribution in [0.15, 0.2) is 66.9 Å². The van der Waals surface area contributed by atoms with Gasteiger partial charge < -0.3 is 9.72 Å². The molecule has 2 aromatic carbocycles. The maximum atomic E-state index is 6.34. The van der Waals surface area contributed by atoms with Crippen LogP contribution in [0.4, 0.5) is 0 Å². The van der Waals surface area contributed by atoms with E-state index >= 15 is 0 Å². The molecule has 1 unspecified atom stereocenters. The molecule has 0 aliphatic carbocycles. The number of thiazole rings is 1. The molecule has 4 aromatic rings. The molecule has 2 aromatic heterocycles. The van der Waals surface area contributed by atoms with Crippen molar-refractivity contribution >= 4 is 33.2 Å². The smallest absolute Gasteiger partial charge is 0.177 e. The summed E-state index contributed by atoms with van der Waals surface area (Å²) in [4.78, 5) is 8.11. The molecule has 5 rings (SSSR count). The third kappa shape index (κ3) is 2.15. The number of aromatic nitrogens is 2. The van der Waals surface area contributed by atoms with Crippen molar-refractivity contribution in [3.05, 3.63) is 83.1 Å². The minimum atomic E-state index is -0.198. The highest BCUT2D eigenvalue weighted by atomic mass is 32.1. The second-order valence-corrected chi connectivity index (χ2v) is 6.80. The summed E-state index contributed by atoms with van der Waals surface area (Å²) >= 11 is 1.69. The summed E-state index contributed by atoms with van der Waals surface area (Å²) in [6.07, 6.45) is 3.93. The fourth-order valence-electron chi connectivity index (χ4n) is 3.06. The molecule has 1 N–H and O–H groups in total. The van der Waals surface area contributed by atoms with Gasteiger partial charge in [-0.3, -0.25) is 0 Å². The Kier molecular flexibility index (Phi) is 3.03. The molecule has 3 heterocycles. The van der Waals surface area contributed by atoms with Gasteiger partial charge >= 0.3 is 0 Å². The van der Waals surface area contributed by atoms with Gasteiger partial charge in [0, 0.05) is 23.0 Å². The van der Waals surface area contributed by atoms with Crippen molar-refractivity contribution in [3.8, 4) is 5.75 Å². The predicted octanol–water partition coefficient (Wildman–Crippen LogP) is 5.30. The van der Waals surface area contributed by atoms with Crippen LogP contribution in [0.25, 0.3) is 21.9 Å². The maximum Gasteiger partial charge on any atom is 0.177 e. The van der Waals surface area contributed by atoms with E-state index in [-0.39, 0.29) is 6.10 Å². The molecular weight excluding hydrogens is 316 g/mol. The van der Waals surface area contributed by atoms with Gasteiger partial charge in [-0.05, 0) is 36.4 Å². The summed E-state index contributed by atoms with van der Waals surface area (Å²) in [5.41, 5.74) is 4.29. The van der Waals surface area contributed by atoms with E-state index in [0.29, 0.717) is 0 Å². The van der Waals surface area contributed by atoms with Gasteiger partial charge in [-0.15, -0.1) is 11.3 Å². The van der Waals surface area contributed by atoms with E-state index in [1.807, 2.05) is 48.7 Å². The molecule has 0 spiro atoms. The van der Waals surface area contributed by atoms with Crippen molar-refractivity contribution in [1.82, 2.24) is 9.97 Å². The summed E-state index contributed by atoms with van der Waals surface area (Å²) in [7, 11) is 0. The predicted molar refractivity (Wildman–Crippen MR) is 98.1 cm³/mol. The zero-order chi connectivity index (χ0) is 15.9. The molecule has 0 saturated carbocycles. The summed E-state index contributed by atoms with van der Waals surface area (Å²) in [5, 5.41) is 0.978. The molecule has 0 fully saturated rings. The van der Waals surface area contributed by atoms with Crippen LogP contribution in [0.2, 0.25) is 0 Å².